The van der Waals surface area contributed by atoms with Gasteiger partial charge in [0.1, 0.15) is 5.75 Å². The van der Waals surface area contributed by atoms with Crippen LogP contribution in [-0.4, -0.2) is 30.9 Å². The molecule has 19 heavy (non-hydrogen) atoms. The SMILES string of the molecule is COc1ccc([C@H]2OCC(C)(C)[C@@H](C(=O)O)O2)cc1. The van der Waals surface area contributed by atoms with Crippen LogP contribution in [0.4, 0.5) is 0 Å². The summed E-state index contributed by atoms with van der Waals surface area (Å²) in [6, 6.07) is 7.19. The van der Waals surface area contributed by atoms with Crippen molar-refractivity contribution in [2.45, 2.75) is 26.2 Å². The summed E-state index contributed by atoms with van der Waals surface area (Å²) in [5.74, 6) is -0.235. The summed E-state index contributed by atoms with van der Waals surface area (Å²) in [5, 5.41) is 9.22. The van der Waals surface area contributed by atoms with Crippen LogP contribution < -0.4 is 4.74 Å². The molecule has 1 aliphatic heterocycles. The number of aliphatic carboxylic acids is 1. The first kappa shape index (κ1) is 13.8. The number of rotatable bonds is 3. The first-order chi connectivity index (χ1) is 8.94. The monoisotopic (exact) mass is 266 g/mol. The number of hydrogen-bond acceptors (Lipinski definition) is 4. The van der Waals surface area contributed by atoms with Crippen LogP contribution in [0.15, 0.2) is 24.3 Å². The van der Waals surface area contributed by atoms with Crippen LogP contribution in [0.5, 0.6) is 5.75 Å². The topological polar surface area (TPSA) is 65.0 Å². The fourth-order valence-electron chi connectivity index (χ4n) is 2.04. The third kappa shape index (κ3) is 2.88. The summed E-state index contributed by atoms with van der Waals surface area (Å²) < 4.78 is 16.2. The van der Waals surface area contributed by atoms with Gasteiger partial charge in [-0.2, -0.15) is 0 Å². The molecule has 0 saturated carbocycles. The minimum atomic E-state index is -0.966. The molecule has 1 fully saturated rings. The molecule has 1 saturated heterocycles. The number of methoxy groups -OCH3 is 1. The molecule has 104 valence electrons. The summed E-state index contributed by atoms with van der Waals surface area (Å²) in [7, 11) is 1.59. The molecule has 0 amide bonds. The first-order valence-electron chi connectivity index (χ1n) is 6.08. The van der Waals surface area contributed by atoms with Crippen LogP contribution in [0.1, 0.15) is 25.7 Å². The molecule has 0 aromatic heterocycles. The molecule has 0 bridgehead atoms. The number of carboxylic acid groups (broad SMARTS) is 1. The van der Waals surface area contributed by atoms with Crippen molar-refractivity contribution in [2.75, 3.05) is 13.7 Å². The van der Waals surface area contributed by atoms with E-state index in [4.69, 9.17) is 14.2 Å². The van der Waals surface area contributed by atoms with Crippen molar-refractivity contribution in [3.63, 3.8) is 0 Å². The molecule has 0 unspecified atom stereocenters. The van der Waals surface area contributed by atoms with E-state index < -0.39 is 23.8 Å². The van der Waals surface area contributed by atoms with Crippen LogP contribution in [-0.2, 0) is 14.3 Å². The maximum atomic E-state index is 11.2. The second-order valence-corrected chi connectivity index (χ2v) is 5.26. The third-order valence-electron chi connectivity index (χ3n) is 3.19. The van der Waals surface area contributed by atoms with Gasteiger partial charge in [-0.15, -0.1) is 0 Å². The van der Waals surface area contributed by atoms with E-state index >= 15 is 0 Å². The Kier molecular flexibility index (Phi) is 3.78. The van der Waals surface area contributed by atoms with Crippen LogP contribution in [0.2, 0.25) is 0 Å². The fraction of sp³-hybridized carbons (Fsp3) is 0.500. The van der Waals surface area contributed by atoms with Gasteiger partial charge in [0.05, 0.1) is 13.7 Å². The molecular weight excluding hydrogens is 248 g/mol. The van der Waals surface area contributed by atoms with Gasteiger partial charge >= 0.3 is 5.97 Å². The lowest BCUT2D eigenvalue weighted by atomic mass is 9.86. The van der Waals surface area contributed by atoms with Crippen LogP contribution in [0, 0.1) is 5.41 Å². The molecule has 5 heteroatoms. The smallest absolute Gasteiger partial charge is 0.333 e. The van der Waals surface area contributed by atoms with Gasteiger partial charge < -0.3 is 19.3 Å². The zero-order valence-electron chi connectivity index (χ0n) is 11.3. The molecule has 1 aromatic rings. The summed E-state index contributed by atoms with van der Waals surface area (Å²) in [6.45, 7) is 3.96. The van der Waals surface area contributed by atoms with Gasteiger partial charge in [-0.3, -0.25) is 0 Å². The summed E-state index contributed by atoms with van der Waals surface area (Å²) >= 11 is 0. The van der Waals surface area contributed by atoms with Crippen molar-refractivity contribution in [1.82, 2.24) is 0 Å². The summed E-state index contributed by atoms with van der Waals surface area (Å²) in [5.41, 5.74) is 0.233. The number of carbonyl (C=O) groups is 1. The quantitative estimate of drug-likeness (QED) is 0.908. The first-order valence-corrected chi connectivity index (χ1v) is 6.08. The minimum Gasteiger partial charge on any atom is -0.497 e. The lowest BCUT2D eigenvalue weighted by Crippen LogP contribution is -2.47. The second kappa shape index (κ2) is 5.19. The second-order valence-electron chi connectivity index (χ2n) is 5.26. The Morgan fingerprint density at radius 1 is 1.37 bits per heavy atom. The van der Waals surface area contributed by atoms with Gasteiger partial charge in [0.25, 0.3) is 0 Å². The average molecular weight is 266 g/mol. The van der Waals surface area contributed by atoms with Gasteiger partial charge in [0.2, 0.25) is 0 Å². The van der Waals surface area contributed by atoms with E-state index in [1.54, 1.807) is 31.4 Å². The zero-order valence-corrected chi connectivity index (χ0v) is 11.3. The Morgan fingerprint density at radius 2 is 2.00 bits per heavy atom. The Morgan fingerprint density at radius 3 is 2.53 bits per heavy atom. The van der Waals surface area contributed by atoms with E-state index in [2.05, 4.69) is 0 Å². The fourth-order valence-corrected chi connectivity index (χ4v) is 2.04. The molecule has 0 radical (unpaired) electrons. The van der Waals surface area contributed by atoms with Gasteiger partial charge in [-0.05, 0) is 12.1 Å². The molecule has 2 atom stereocenters. The minimum absolute atomic E-state index is 0.334. The van der Waals surface area contributed by atoms with Crippen LogP contribution in [0.3, 0.4) is 0 Å². The normalized spacial score (nSPS) is 25.8. The molecule has 0 aliphatic carbocycles. The van der Waals surface area contributed by atoms with E-state index in [0.717, 1.165) is 11.3 Å². The molecule has 1 aliphatic rings. The van der Waals surface area contributed by atoms with E-state index in [9.17, 15) is 9.90 Å². The lowest BCUT2D eigenvalue weighted by molar-refractivity contribution is -0.264. The van der Waals surface area contributed by atoms with Crippen molar-refractivity contribution in [3.05, 3.63) is 29.8 Å². The van der Waals surface area contributed by atoms with E-state index in [1.165, 1.54) is 0 Å². The maximum Gasteiger partial charge on any atom is 0.333 e. The lowest BCUT2D eigenvalue weighted by Gasteiger charge is -2.39. The van der Waals surface area contributed by atoms with Crippen molar-refractivity contribution in [2.24, 2.45) is 5.41 Å². The summed E-state index contributed by atoms with van der Waals surface area (Å²) in [6.07, 6.45) is -1.53. The number of benzene rings is 1. The zero-order chi connectivity index (χ0) is 14.0. The highest BCUT2D eigenvalue weighted by atomic mass is 16.7. The Labute approximate surface area is 112 Å². The van der Waals surface area contributed by atoms with Gasteiger partial charge in [-0.1, -0.05) is 26.0 Å². The highest BCUT2D eigenvalue weighted by molar-refractivity contribution is 5.73. The highest BCUT2D eigenvalue weighted by Gasteiger charge is 2.43. The average Bonchev–Trinajstić information content (AvgIpc) is 2.38. The van der Waals surface area contributed by atoms with Gasteiger partial charge in [0.15, 0.2) is 12.4 Å². The molecule has 1 N–H and O–H groups in total. The molecule has 5 nitrogen and oxygen atoms in total. The number of hydrogen-bond donors (Lipinski definition) is 1. The predicted octanol–water partition coefficient (Wildman–Crippen LogP) is 2.22. The van der Waals surface area contributed by atoms with Crippen LogP contribution in [0.25, 0.3) is 0 Å². The molecule has 0 spiro atoms. The van der Waals surface area contributed by atoms with Gasteiger partial charge in [-0.25, -0.2) is 4.79 Å². The molecule has 2 rings (SSSR count). The van der Waals surface area contributed by atoms with E-state index in [1.807, 2.05) is 13.8 Å². The Balaban J connectivity index is 2.16. The molecular formula is C14H18O5. The Hall–Kier alpha value is -1.59. The van der Waals surface area contributed by atoms with Gasteiger partial charge in [0, 0.05) is 11.0 Å². The van der Waals surface area contributed by atoms with Crippen LogP contribution >= 0.6 is 0 Å². The standard InChI is InChI=1S/C14H18O5/c1-14(2)8-18-13(19-11(14)12(15)16)9-4-6-10(17-3)7-5-9/h4-7,11,13H,8H2,1-3H3,(H,15,16)/t11-,13+/m1/s1. The summed E-state index contributed by atoms with van der Waals surface area (Å²) in [4.78, 5) is 11.2. The number of ether oxygens (including phenoxy) is 3. The van der Waals surface area contributed by atoms with Crippen molar-refractivity contribution in [1.29, 1.82) is 0 Å². The largest absolute Gasteiger partial charge is 0.497 e. The molecule has 1 heterocycles. The third-order valence-corrected chi connectivity index (χ3v) is 3.19. The predicted molar refractivity (Wildman–Crippen MR) is 68.0 cm³/mol. The van der Waals surface area contributed by atoms with Crippen molar-refractivity contribution in [3.8, 4) is 5.75 Å². The van der Waals surface area contributed by atoms with E-state index in [-0.39, 0.29) is 0 Å². The van der Waals surface area contributed by atoms with Crippen molar-refractivity contribution < 1.29 is 24.1 Å². The maximum absolute atomic E-state index is 11.2. The highest BCUT2D eigenvalue weighted by Crippen LogP contribution is 2.36. The van der Waals surface area contributed by atoms with E-state index in [0.29, 0.717) is 6.61 Å². The van der Waals surface area contributed by atoms with Crippen molar-refractivity contribution >= 4 is 5.97 Å². The Bertz CT molecular complexity index is 451. The number of carboxylic acids is 1. The molecule has 1 aromatic carbocycles.